The zero-order valence-corrected chi connectivity index (χ0v) is 18.7. The predicted octanol–water partition coefficient (Wildman–Crippen LogP) is 4.94. The molecule has 0 bridgehead atoms. The van der Waals surface area contributed by atoms with Crippen molar-refractivity contribution in [2.45, 2.75) is 16.5 Å². The number of nitrogens with zero attached hydrogens (tertiary/aromatic N) is 1. The average molecular weight is 469 g/mol. The van der Waals surface area contributed by atoms with Crippen LogP contribution < -0.4 is 14.8 Å². The van der Waals surface area contributed by atoms with Crippen molar-refractivity contribution in [2.24, 2.45) is 0 Å². The largest absolute Gasteiger partial charge is 0.493 e. The number of halogens is 1. The normalized spacial score (nSPS) is 11.2. The first-order valence-electron chi connectivity index (χ1n) is 9.94. The monoisotopic (exact) mass is 468 g/mol. The van der Waals surface area contributed by atoms with Crippen LogP contribution in [0.5, 0.6) is 11.5 Å². The van der Waals surface area contributed by atoms with E-state index in [1.807, 2.05) is 12.1 Å². The summed E-state index contributed by atoms with van der Waals surface area (Å²) < 4.78 is 56.3. The van der Waals surface area contributed by atoms with Gasteiger partial charge in [0.25, 0.3) is 0 Å². The number of methoxy groups -OCH3 is 2. The molecule has 0 radical (unpaired) electrons. The fourth-order valence-electron chi connectivity index (χ4n) is 3.20. The van der Waals surface area contributed by atoms with E-state index in [2.05, 4.69) is 10.3 Å². The van der Waals surface area contributed by atoms with Gasteiger partial charge in [0.05, 0.1) is 19.1 Å². The van der Waals surface area contributed by atoms with Gasteiger partial charge in [0, 0.05) is 12.1 Å². The topological polar surface area (TPSA) is 90.7 Å². The number of sulfone groups is 1. The zero-order chi connectivity index (χ0) is 23.4. The Morgan fingerprint density at radius 2 is 1.64 bits per heavy atom. The molecule has 0 aliphatic rings. The zero-order valence-electron chi connectivity index (χ0n) is 17.9. The number of benzene rings is 3. The number of aromatic nitrogens is 1. The summed E-state index contributed by atoms with van der Waals surface area (Å²) in [6.07, 6.45) is 0. The van der Waals surface area contributed by atoms with Crippen LogP contribution in [-0.2, 0) is 16.4 Å². The third-order valence-corrected chi connectivity index (χ3v) is 6.57. The third kappa shape index (κ3) is 4.68. The van der Waals surface area contributed by atoms with E-state index in [1.165, 1.54) is 19.2 Å². The fraction of sp³-hybridized carbons (Fsp3) is 0.125. The molecule has 33 heavy (non-hydrogen) atoms. The Kier molecular flexibility index (Phi) is 6.32. The number of hydrogen-bond donors (Lipinski definition) is 1. The molecule has 0 fully saturated rings. The van der Waals surface area contributed by atoms with Crippen LogP contribution in [0.4, 0.5) is 10.3 Å². The SMILES string of the molecule is COc1ccc(CNc2oc(-c3ccccc3)nc2S(=O)(=O)c2ccc(F)cc2)cc1OC. The molecule has 4 rings (SSSR count). The van der Waals surface area contributed by atoms with E-state index in [0.29, 0.717) is 17.1 Å². The summed E-state index contributed by atoms with van der Waals surface area (Å²) in [4.78, 5) is 4.18. The van der Waals surface area contributed by atoms with Gasteiger partial charge in [-0.25, -0.2) is 12.8 Å². The molecule has 7 nitrogen and oxygen atoms in total. The van der Waals surface area contributed by atoms with Crippen LogP contribution in [0.3, 0.4) is 0 Å². The molecule has 0 amide bonds. The van der Waals surface area contributed by atoms with Crippen LogP contribution >= 0.6 is 0 Å². The highest BCUT2D eigenvalue weighted by Gasteiger charge is 2.28. The predicted molar refractivity (Wildman–Crippen MR) is 121 cm³/mol. The minimum atomic E-state index is -4.08. The Hall–Kier alpha value is -3.85. The third-order valence-electron chi connectivity index (χ3n) is 4.90. The molecule has 9 heteroatoms. The Bertz CT molecular complexity index is 1350. The summed E-state index contributed by atoms with van der Waals surface area (Å²) in [6, 6.07) is 18.8. The lowest BCUT2D eigenvalue weighted by Crippen LogP contribution is -2.08. The first kappa shape index (κ1) is 22.3. The van der Waals surface area contributed by atoms with Crippen molar-refractivity contribution >= 4 is 15.7 Å². The molecule has 1 aromatic heterocycles. The van der Waals surface area contributed by atoms with Gasteiger partial charge in [-0.3, -0.25) is 0 Å². The van der Waals surface area contributed by atoms with E-state index in [-0.39, 0.29) is 28.2 Å². The van der Waals surface area contributed by atoms with Crippen LogP contribution in [0.25, 0.3) is 11.5 Å². The van der Waals surface area contributed by atoms with Crippen LogP contribution in [-0.4, -0.2) is 27.6 Å². The molecule has 0 aliphatic heterocycles. The van der Waals surface area contributed by atoms with Crippen molar-refractivity contribution in [1.82, 2.24) is 4.98 Å². The van der Waals surface area contributed by atoms with Gasteiger partial charge in [0.1, 0.15) is 5.82 Å². The summed E-state index contributed by atoms with van der Waals surface area (Å²) in [5.74, 6) is 0.704. The molecule has 0 unspecified atom stereocenters. The van der Waals surface area contributed by atoms with Gasteiger partial charge in [-0.2, -0.15) is 4.98 Å². The lowest BCUT2D eigenvalue weighted by Gasteiger charge is -2.10. The van der Waals surface area contributed by atoms with Gasteiger partial charge >= 0.3 is 0 Å². The van der Waals surface area contributed by atoms with Gasteiger partial charge in [0.2, 0.25) is 26.6 Å². The molecule has 1 heterocycles. The molecule has 0 saturated carbocycles. The highest BCUT2D eigenvalue weighted by atomic mass is 32.2. The number of ether oxygens (including phenoxy) is 2. The molecular weight excluding hydrogens is 447 g/mol. The Morgan fingerprint density at radius 3 is 2.30 bits per heavy atom. The van der Waals surface area contributed by atoms with Crippen molar-refractivity contribution < 1.29 is 26.7 Å². The smallest absolute Gasteiger partial charge is 0.234 e. The van der Waals surface area contributed by atoms with E-state index in [9.17, 15) is 12.8 Å². The minimum Gasteiger partial charge on any atom is -0.493 e. The van der Waals surface area contributed by atoms with Crippen LogP contribution in [0, 0.1) is 5.82 Å². The number of nitrogens with one attached hydrogen (secondary N) is 1. The van der Waals surface area contributed by atoms with Crippen LogP contribution in [0.1, 0.15) is 5.56 Å². The highest BCUT2D eigenvalue weighted by Crippen LogP contribution is 2.33. The van der Waals surface area contributed by atoms with Crippen LogP contribution in [0.15, 0.2) is 87.1 Å². The van der Waals surface area contributed by atoms with E-state index < -0.39 is 15.7 Å². The molecule has 0 saturated heterocycles. The maximum atomic E-state index is 13.3. The van der Waals surface area contributed by atoms with Gasteiger partial charge in [-0.1, -0.05) is 24.3 Å². The summed E-state index contributed by atoms with van der Waals surface area (Å²) in [5, 5.41) is 2.73. The number of hydrogen-bond acceptors (Lipinski definition) is 7. The highest BCUT2D eigenvalue weighted by molar-refractivity contribution is 7.91. The van der Waals surface area contributed by atoms with Gasteiger partial charge in [-0.05, 0) is 54.1 Å². The van der Waals surface area contributed by atoms with Gasteiger partial charge < -0.3 is 19.2 Å². The van der Waals surface area contributed by atoms with Gasteiger partial charge in [0.15, 0.2) is 11.5 Å². The molecule has 0 aliphatic carbocycles. The van der Waals surface area contributed by atoms with E-state index in [1.54, 1.807) is 43.5 Å². The van der Waals surface area contributed by atoms with E-state index in [0.717, 1.165) is 17.7 Å². The first-order chi connectivity index (χ1) is 15.9. The maximum Gasteiger partial charge on any atom is 0.234 e. The summed E-state index contributed by atoms with van der Waals surface area (Å²) in [5.41, 5.74) is 1.42. The molecule has 0 atom stereocenters. The Labute approximate surface area is 190 Å². The Balaban J connectivity index is 1.72. The van der Waals surface area contributed by atoms with Crippen LogP contribution in [0.2, 0.25) is 0 Å². The first-order valence-corrected chi connectivity index (χ1v) is 11.4. The second kappa shape index (κ2) is 9.33. The molecule has 1 N–H and O–H groups in total. The standard InChI is InChI=1S/C24H21FN2O5S/c1-30-20-13-8-16(14-21(20)31-2)15-26-23-24(27-22(32-23)17-6-4-3-5-7-17)33(28,29)19-11-9-18(25)10-12-19/h3-14,26H,15H2,1-2H3. The minimum absolute atomic E-state index is 0.0204. The second-order valence-corrected chi connectivity index (χ2v) is 8.88. The van der Waals surface area contributed by atoms with Crippen molar-refractivity contribution in [3.8, 4) is 23.0 Å². The van der Waals surface area contributed by atoms with Crippen molar-refractivity contribution in [2.75, 3.05) is 19.5 Å². The number of oxazole rings is 1. The summed E-state index contributed by atoms with van der Waals surface area (Å²) in [6.45, 7) is 0.232. The second-order valence-electron chi connectivity index (χ2n) is 7.02. The lowest BCUT2D eigenvalue weighted by molar-refractivity contribution is 0.354. The molecule has 170 valence electrons. The van der Waals surface area contributed by atoms with Gasteiger partial charge in [-0.15, -0.1) is 0 Å². The number of anilines is 1. The Morgan fingerprint density at radius 1 is 0.939 bits per heavy atom. The fourth-order valence-corrected chi connectivity index (χ4v) is 4.48. The molecule has 4 aromatic rings. The van der Waals surface area contributed by atoms with E-state index in [4.69, 9.17) is 13.9 Å². The average Bonchev–Trinajstić information content (AvgIpc) is 3.28. The quantitative estimate of drug-likeness (QED) is 0.366. The van der Waals surface area contributed by atoms with Crippen molar-refractivity contribution in [3.63, 3.8) is 0 Å². The summed E-state index contributed by atoms with van der Waals surface area (Å²) >= 11 is 0. The maximum absolute atomic E-state index is 13.3. The van der Waals surface area contributed by atoms with Crippen molar-refractivity contribution in [1.29, 1.82) is 0 Å². The number of rotatable bonds is 8. The molecule has 0 spiro atoms. The van der Waals surface area contributed by atoms with E-state index >= 15 is 0 Å². The summed E-state index contributed by atoms with van der Waals surface area (Å²) in [7, 11) is -1.00. The van der Waals surface area contributed by atoms with Crippen molar-refractivity contribution in [3.05, 3.63) is 84.2 Å². The molecular formula is C24H21FN2O5S. The molecule has 3 aromatic carbocycles. The lowest BCUT2D eigenvalue weighted by atomic mass is 10.2.